The predicted octanol–water partition coefficient (Wildman–Crippen LogP) is 3.39. The number of aliphatic hydroxyl groups is 1. The minimum Gasteiger partial charge on any atom is -0.504 e. The molecule has 0 bridgehead atoms. The Morgan fingerprint density at radius 2 is 1.93 bits per heavy atom. The number of nitrogen functional groups attached to an aromatic ring is 1. The van der Waals surface area contributed by atoms with Crippen LogP contribution in [0.25, 0.3) is 0 Å². The van der Waals surface area contributed by atoms with Crippen molar-refractivity contribution in [2.45, 2.75) is 30.7 Å². The molecule has 220 valence electrons. The Bertz CT molecular complexity index is 1580. The van der Waals surface area contributed by atoms with E-state index in [4.69, 9.17) is 25.4 Å². The van der Waals surface area contributed by atoms with E-state index in [1.807, 2.05) is 4.90 Å². The van der Waals surface area contributed by atoms with Crippen molar-refractivity contribution >= 4 is 18.0 Å². The summed E-state index contributed by atoms with van der Waals surface area (Å²) < 4.78 is 52.1. The van der Waals surface area contributed by atoms with Crippen LogP contribution in [-0.4, -0.2) is 70.5 Å². The molecule has 1 aromatic heterocycles. The number of aliphatic imine (C=N–C) groups is 1. The maximum Gasteiger partial charge on any atom is 0.338 e. The summed E-state index contributed by atoms with van der Waals surface area (Å²) in [5, 5.41) is 28.0. The molecule has 2 heterocycles. The Hall–Kier alpha value is -4.82. The van der Waals surface area contributed by atoms with Gasteiger partial charge in [0.05, 0.1) is 13.3 Å². The number of esters is 1. The smallest absolute Gasteiger partial charge is 0.338 e. The lowest BCUT2D eigenvalue weighted by molar-refractivity contribution is -0.182. The molecule has 1 unspecified atom stereocenters. The first-order valence-corrected chi connectivity index (χ1v) is 12.7. The zero-order valence-corrected chi connectivity index (χ0v) is 22.5. The quantitative estimate of drug-likeness (QED) is 0.166. The molecule has 0 spiro atoms. The van der Waals surface area contributed by atoms with Crippen LogP contribution < -0.4 is 19.9 Å². The Morgan fingerprint density at radius 3 is 2.60 bits per heavy atom. The summed E-state index contributed by atoms with van der Waals surface area (Å²) in [6.45, 7) is 0.517. The lowest BCUT2D eigenvalue weighted by Crippen LogP contribution is -2.55. The number of halogens is 2. The normalized spacial score (nSPS) is 21.5. The topological polar surface area (TPSA) is 173 Å². The number of aromatic nitrogens is 1. The Labute approximate surface area is 238 Å². The van der Waals surface area contributed by atoms with Crippen LogP contribution in [-0.2, 0) is 9.53 Å². The summed E-state index contributed by atoms with van der Waals surface area (Å²) in [5.74, 6) is -5.17. The number of nitrogens with two attached hydrogens (primary N) is 1. The van der Waals surface area contributed by atoms with Crippen LogP contribution in [0.1, 0.15) is 30.1 Å². The number of hydrogen-bond donors (Lipinski definition) is 4. The van der Waals surface area contributed by atoms with E-state index in [0.717, 1.165) is 0 Å². The lowest BCUT2D eigenvalue weighted by Gasteiger charge is -2.40. The van der Waals surface area contributed by atoms with Gasteiger partial charge in [0, 0.05) is 36.7 Å². The highest BCUT2D eigenvalue weighted by molar-refractivity contribution is 5.95. The maximum absolute atomic E-state index is 15.5. The number of pyridine rings is 1. The molecule has 1 aliphatic carbocycles. The molecule has 0 radical (unpaired) electrons. The minimum absolute atomic E-state index is 0.0375. The van der Waals surface area contributed by atoms with E-state index in [-0.39, 0.29) is 41.5 Å². The standard InChI is InChI=1S/C28H27F2N5O7/c1-35-8-7-33-25(35)17-10-15(40-16-11-28(38,12-16)27(37)39-2)4-6-20(17)41-23-18(29)13-34-26(22(23)30)42-21-9-14(24(31)32)3-5-19(21)36/h3-7,9-10,13,16,25,36,38H,8,11-12H2,1-2H3,(H3,31,32). The van der Waals surface area contributed by atoms with Crippen molar-refractivity contribution in [2.24, 2.45) is 10.7 Å². The third kappa shape index (κ3) is 5.53. The molecule has 5 N–H and O–H groups in total. The van der Waals surface area contributed by atoms with Crippen molar-refractivity contribution in [1.29, 1.82) is 5.41 Å². The first-order chi connectivity index (χ1) is 20.0. The van der Waals surface area contributed by atoms with Crippen molar-refractivity contribution in [2.75, 3.05) is 20.7 Å². The molecular weight excluding hydrogens is 556 g/mol. The van der Waals surface area contributed by atoms with Gasteiger partial charge in [0.25, 0.3) is 5.88 Å². The molecule has 1 saturated carbocycles. The Kier molecular flexibility index (Phi) is 7.67. The van der Waals surface area contributed by atoms with E-state index in [1.54, 1.807) is 19.3 Å². The van der Waals surface area contributed by atoms with Crippen LogP contribution >= 0.6 is 0 Å². The molecule has 5 rings (SSSR count). The summed E-state index contributed by atoms with van der Waals surface area (Å²) in [6, 6.07) is 8.37. The van der Waals surface area contributed by atoms with E-state index in [0.29, 0.717) is 24.1 Å². The van der Waals surface area contributed by atoms with Crippen LogP contribution in [0.5, 0.6) is 34.6 Å². The highest BCUT2D eigenvalue weighted by atomic mass is 19.1. The van der Waals surface area contributed by atoms with Gasteiger partial charge in [-0.05, 0) is 43.4 Å². The molecule has 42 heavy (non-hydrogen) atoms. The summed E-state index contributed by atoms with van der Waals surface area (Å²) in [5.41, 5.74) is 4.49. The molecule has 0 saturated heterocycles. The van der Waals surface area contributed by atoms with E-state index in [9.17, 15) is 19.4 Å². The van der Waals surface area contributed by atoms with Gasteiger partial charge in [-0.1, -0.05) is 0 Å². The van der Waals surface area contributed by atoms with Gasteiger partial charge in [-0.3, -0.25) is 15.3 Å². The minimum atomic E-state index is -1.61. The highest BCUT2D eigenvalue weighted by Gasteiger charge is 2.51. The van der Waals surface area contributed by atoms with Crippen LogP contribution in [0.3, 0.4) is 0 Å². The third-order valence-corrected chi connectivity index (χ3v) is 6.88. The zero-order valence-electron chi connectivity index (χ0n) is 22.5. The van der Waals surface area contributed by atoms with Gasteiger partial charge in [0.1, 0.15) is 29.6 Å². The summed E-state index contributed by atoms with van der Waals surface area (Å²) in [4.78, 5) is 21.7. The number of ether oxygens (including phenoxy) is 4. The molecule has 1 atom stereocenters. The fraction of sp³-hybridized carbons (Fsp3) is 0.286. The average Bonchev–Trinajstić information content (AvgIpc) is 3.38. The second kappa shape index (κ2) is 11.2. The number of phenols is 1. The number of benzene rings is 2. The van der Waals surface area contributed by atoms with Gasteiger partial charge in [0.2, 0.25) is 11.6 Å². The van der Waals surface area contributed by atoms with Crippen molar-refractivity contribution in [1.82, 2.24) is 9.88 Å². The number of amidine groups is 1. The molecule has 12 nitrogen and oxygen atoms in total. The van der Waals surface area contributed by atoms with Gasteiger partial charge in [-0.2, -0.15) is 4.39 Å². The average molecular weight is 584 g/mol. The number of rotatable bonds is 9. The number of phenolic OH excluding ortho intramolecular Hbond substituents is 1. The molecule has 1 fully saturated rings. The Balaban J connectivity index is 1.43. The molecule has 1 aliphatic heterocycles. The number of methoxy groups -OCH3 is 1. The first-order valence-electron chi connectivity index (χ1n) is 12.7. The number of hydrogen-bond acceptors (Lipinski definition) is 11. The van der Waals surface area contributed by atoms with Gasteiger partial charge in [-0.15, -0.1) is 0 Å². The Morgan fingerprint density at radius 1 is 1.17 bits per heavy atom. The lowest BCUT2D eigenvalue weighted by atomic mass is 9.77. The molecule has 3 aromatic rings. The molecular formula is C28H27F2N5O7. The zero-order chi connectivity index (χ0) is 30.2. The maximum atomic E-state index is 15.5. The van der Waals surface area contributed by atoms with Crippen molar-refractivity contribution in [3.8, 4) is 34.6 Å². The van der Waals surface area contributed by atoms with E-state index in [2.05, 4.69) is 14.7 Å². The number of nitrogens with zero attached hydrogens (tertiary/aromatic N) is 3. The number of carbonyl (C=O) groups is 1. The van der Waals surface area contributed by atoms with Gasteiger partial charge in [-0.25, -0.2) is 14.2 Å². The van der Waals surface area contributed by atoms with Crippen LogP contribution in [0, 0.1) is 17.0 Å². The van der Waals surface area contributed by atoms with Crippen LogP contribution in [0.15, 0.2) is 47.6 Å². The first kappa shape index (κ1) is 28.7. The predicted molar refractivity (Wildman–Crippen MR) is 144 cm³/mol. The van der Waals surface area contributed by atoms with Crippen LogP contribution in [0.4, 0.5) is 8.78 Å². The number of carbonyl (C=O) groups excluding carboxylic acids is 1. The SMILES string of the molecule is COC(=O)C1(O)CC(Oc2ccc(Oc3c(F)cnc(Oc4cc(C(=N)N)ccc4O)c3F)c(C3N=CCN3C)c2)C1. The van der Waals surface area contributed by atoms with Gasteiger partial charge >= 0.3 is 5.97 Å². The third-order valence-electron chi connectivity index (χ3n) is 6.88. The van der Waals surface area contributed by atoms with Crippen molar-refractivity contribution in [3.05, 3.63) is 65.4 Å². The van der Waals surface area contributed by atoms with E-state index >= 15 is 4.39 Å². The molecule has 0 amide bonds. The fourth-order valence-corrected chi connectivity index (χ4v) is 4.60. The highest BCUT2D eigenvalue weighted by Crippen LogP contribution is 2.42. The fourth-order valence-electron chi connectivity index (χ4n) is 4.60. The summed E-state index contributed by atoms with van der Waals surface area (Å²) in [7, 11) is 3.00. The largest absolute Gasteiger partial charge is 0.504 e. The van der Waals surface area contributed by atoms with Gasteiger partial charge in [0.15, 0.2) is 22.9 Å². The number of nitrogens with one attached hydrogen (secondary N) is 1. The molecule has 2 aliphatic rings. The second-order valence-electron chi connectivity index (χ2n) is 9.87. The monoisotopic (exact) mass is 583 g/mol. The summed E-state index contributed by atoms with van der Waals surface area (Å²) in [6.07, 6.45) is 1.44. The van der Waals surface area contributed by atoms with Crippen LogP contribution in [0.2, 0.25) is 0 Å². The van der Waals surface area contributed by atoms with Crippen molar-refractivity contribution in [3.63, 3.8) is 0 Å². The molecule has 2 aromatic carbocycles. The number of aromatic hydroxyl groups is 1. The second-order valence-corrected chi connectivity index (χ2v) is 9.87. The molecule has 14 heteroatoms. The van der Waals surface area contributed by atoms with E-state index in [1.165, 1.54) is 37.4 Å². The summed E-state index contributed by atoms with van der Waals surface area (Å²) >= 11 is 0. The van der Waals surface area contributed by atoms with Gasteiger partial charge < -0.3 is 34.9 Å². The van der Waals surface area contributed by atoms with E-state index < -0.39 is 47.1 Å². The van der Waals surface area contributed by atoms with Crippen molar-refractivity contribution < 1.29 is 42.7 Å².